The van der Waals surface area contributed by atoms with E-state index < -0.39 is 12.1 Å². The first-order valence-electron chi connectivity index (χ1n) is 12.6. The summed E-state index contributed by atoms with van der Waals surface area (Å²) in [4.78, 5) is 38.6. The van der Waals surface area contributed by atoms with Gasteiger partial charge in [-0.15, -0.1) is 0 Å². The molecule has 2 aromatic carbocycles. The van der Waals surface area contributed by atoms with E-state index in [0.717, 1.165) is 32.1 Å². The zero-order chi connectivity index (χ0) is 24.4. The lowest BCUT2D eigenvalue weighted by molar-refractivity contribution is -0.140. The topological polar surface area (TPSA) is 95.9 Å². The highest BCUT2D eigenvalue weighted by molar-refractivity contribution is 5.80. The van der Waals surface area contributed by atoms with E-state index in [1.165, 1.54) is 22.3 Å². The first kappa shape index (κ1) is 23.4. The molecule has 2 fully saturated rings. The predicted octanol–water partition coefficient (Wildman–Crippen LogP) is 4.55. The summed E-state index contributed by atoms with van der Waals surface area (Å²) in [5, 5.41) is 12.2. The highest BCUT2D eigenvalue weighted by Gasteiger charge is 2.36. The summed E-state index contributed by atoms with van der Waals surface area (Å²) in [5.74, 6) is -0.810. The lowest BCUT2D eigenvalue weighted by atomic mass is 9.98. The van der Waals surface area contributed by atoms with Crippen molar-refractivity contribution in [1.82, 2.24) is 10.2 Å². The molecule has 0 aromatic heterocycles. The molecule has 0 bridgehead atoms. The van der Waals surface area contributed by atoms with Crippen LogP contribution in [-0.2, 0) is 14.3 Å². The Bertz CT molecular complexity index is 1070. The number of fused-ring (bicyclic) bond motifs is 3. The molecule has 1 saturated heterocycles. The molecule has 184 valence electrons. The van der Waals surface area contributed by atoms with Gasteiger partial charge in [-0.2, -0.15) is 0 Å². The summed E-state index contributed by atoms with van der Waals surface area (Å²) in [6.45, 7) is 0.884. The number of alkyl carbamates (subject to hydrolysis) is 1. The van der Waals surface area contributed by atoms with E-state index in [1.807, 2.05) is 24.3 Å². The second-order valence-corrected chi connectivity index (χ2v) is 9.95. The number of nitrogens with one attached hydrogen (secondary N) is 1. The number of hydrogen-bond donors (Lipinski definition) is 2. The van der Waals surface area contributed by atoms with Gasteiger partial charge in [0.1, 0.15) is 6.61 Å². The number of carboxylic acid groups (broad SMARTS) is 1. The number of carboxylic acids is 1. The molecule has 2 amide bonds. The maximum atomic E-state index is 12.9. The molecular formula is C28H32N2O5. The van der Waals surface area contributed by atoms with Gasteiger partial charge in [0.25, 0.3) is 0 Å². The zero-order valence-electron chi connectivity index (χ0n) is 19.8. The summed E-state index contributed by atoms with van der Waals surface area (Å²) in [5.41, 5.74) is 4.73. The van der Waals surface area contributed by atoms with Crippen LogP contribution in [0.4, 0.5) is 4.79 Å². The normalized spacial score (nSPS) is 23.1. The lowest BCUT2D eigenvalue weighted by Gasteiger charge is -2.27. The van der Waals surface area contributed by atoms with Crippen molar-refractivity contribution < 1.29 is 24.2 Å². The van der Waals surface area contributed by atoms with Gasteiger partial charge < -0.3 is 20.1 Å². The molecule has 7 heteroatoms. The Kier molecular flexibility index (Phi) is 6.75. The maximum absolute atomic E-state index is 12.9. The zero-order valence-corrected chi connectivity index (χ0v) is 19.8. The molecule has 5 rings (SSSR count). The Morgan fingerprint density at radius 2 is 1.60 bits per heavy atom. The molecule has 1 unspecified atom stereocenters. The molecule has 2 N–H and O–H groups in total. The Balaban J connectivity index is 1.17. The summed E-state index contributed by atoms with van der Waals surface area (Å²) < 4.78 is 5.70. The van der Waals surface area contributed by atoms with E-state index >= 15 is 0 Å². The third-order valence-corrected chi connectivity index (χ3v) is 7.85. The van der Waals surface area contributed by atoms with Gasteiger partial charge in [0.05, 0.1) is 6.42 Å². The Morgan fingerprint density at radius 3 is 2.29 bits per heavy atom. The summed E-state index contributed by atoms with van der Waals surface area (Å²) in [6, 6.07) is 16.2. The second-order valence-electron chi connectivity index (χ2n) is 9.95. The number of nitrogens with zero attached hydrogens (tertiary/aromatic N) is 1. The standard InChI is InChI=1S/C28H32N2O5/c31-26(30-14-6-8-19(30)16-27(32)33)15-18-7-5-13-25(18)29-28(34)35-17-24-22-11-3-1-9-20(22)21-10-2-4-12-23(21)24/h1-4,9-12,18-19,24-25H,5-8,13-17H2,(H,29,34)(H,32,33)/t18-,19?,25+/m0/s1. The molecule has 35 heavy (non-hydrogen) atoms. The molecule has 1 saturated carbocycles. The Hall–Kier alpha value is -3.35. The van der Waals surface area contributed by atoms with Crippen molar-refractivity contribution in [2.45, 2.75) is 62.9 Å². The van der Waals surface area contributed by atoms with E-state index in [1.54, 1.807) is 4.90 Å². The number of carbonyl (C=O) groups excluding carboxylic acids is 2. The fraction of sp³-hybridized carbons (Fsp3) is 0.464. The number of ether oxygens (including phenoxy) is 1. The van der Waals surface area contributed by atoms with Crippen LogP contribution in [-0.4, -0.2) is 53.2 Å². The number of aliphatic carboxylic acids is 1. The van der Waals surface area contributed by atoms with Crippen molar-refractivity contribution in [3.63, 3.8) is 0 Å². The van der Waals surface area contributed by atoms with Crippen LogP contribution in [0.2, 0.25) is 0 Å². The van der Waals surface area contributed by atoms with Crippen LogP contribution in [0.25, 0.3) is 11.1 Å². The van der Waals surface area contributed by atoms with Gasteiger partial charge in [0.15, 0.2) is 0 Å². The smallest absolute Gasteiger partial charge is 0.407 e. The van der Waals surface area contributed by atoms with Gasteiger partial charge in [0, 0.05) is 31.0 Å². The molecule has 2 aromatic rings. The van der Waals surface area contributed by atoms with Crippen LogP contribution in [0.3, 0.4) is 0 Å². The van der Waals surface area contributed by atoms with Crippen LogP contribution in [0.1, 0.15) is 62.0 Å². The molecule has 7 nitrogen and oxygen atoms in total. The van der Waals surface area contributed by atoms with Gasteiger partial charge in [-0.1, -0.05) is 55.0 Å². The molecule has 2 aliphatic carbocycles. The molecule has 3 atom stereocenters. The molecule has 1 heterocycles. The van der Waals surface area contributed by atoms with Crippen LogP contribution in [0, 0.1) is 5.92 Å². The molecule has 0 radical (unpaired) electrons. The van der Waals surface area contributed by atoms with Gasteiger partial charge in [-0.3, -0.25) is 9.59 Å². The number of carbonyl (C=O) groups is 3. The van der Waals surface area contributed by atoms with E-state index in [2.05, 4.69) is 29.6 Å². The van der Waals surface area contributed by atoms with Gasteiger partial charge in [-0.25, -0.2) is 4.79 Å². The molecular weight excluding hydrogens is 444 g/mol. The number of likely N-dealkylation sites (tertiary alicyclic amines) is 1. The molecule has 0 spiro atoms. The van der Waals surface area contributed by atoms with E-state index in [-0.39, 0.29) is 42.9 Å². The fourth-order valence-corrected chi connectivity index (χ4v) is 6.18. The van der Waals surface area contributed by atoms with Crippen LogP contribution < -0.4 is 5.32 Å². The van der Waals surface area contributed by atoms with E-state index in [4.69, 9.17) is 9.84 Å². The van der Waals surface area contributed by atoms with Crippen molar-refractivity contribution in [3.8, 4) is 11.1 Å². The number of amides is 2. The summed E-state index contributed by atoms with van der Waals surface area (Å²) in [7, 11) is 0. The van der Waals surface area contributed by atoms with E-state index in [9.17, 15) is 14.4 Å². The quantitative estimate of drug-likeness (QED) is 0.611. The highest BCUT2D eigenvalue weighted by atomic mass is 16.5. The van der Waals surface area contributed by atoms with Crippen LogP contribution in [0.5, 0.6) is 0 Å². The fourth-order valence-electron chi connectivity index (χ4n) is 6.18. The number of rotatable bonds is 7. The van der Waals surface area contributed by atoms with Crippen molar-refractivity contribution in [2.24, 2.45) is 5.92 Å². The minimum absolute atomic E-state index is 0.0000120. The first-order valence-corrected chi connectivity index (χ1v) is 12.6. The third kappa shape index (κ3) is 4.90. The summed E-state index contributed by atoms with van der Waals surface area (Å²) in [6.07, 6.45) is 4.12. The molecule has 1 aliphatic heterocycles. The van der Waals surface area contributed by atoms with E-state index in [0.29, 0.717) is 13.0 Å². The Morgan fingerprint density at radius 1 is 0.914 bits per heavy atom. The third-order valence-electron chi connectivity index (χ3n) is 7.85. The van der Waals surface area contributed by atoms with Crippen molar-refractivity contribution in [2.75, 3.05) is 13.2 Å². The average Bonchev–Trinajstić information content (AvgIpc) is 3.56. The van der Waals surface area contributed by atoms with Gasteiger partial charge >= 0.3 is 12.1 Å². The first-order chi connectivity index (χ1) is 17.0. The SMILES string of the molecule is O=C(O)CC1CCCN1C(=O)C[C@@H]1CCC[C@H]1NC(=O)OCC1c2ccccc2-c2ccccc21. The second kappa shape index (κ2) is 10.1. The highest BCUT2D eigenvalue weighted by Crippen LogP contribution is 2.44. The molecule has 3 aliphatic rings. The van der Waals surface area contributed by atoms with Crippen molar-refractivity contribution in [3.05, 3.63) is 59.7 Å². The lowest BCUT2D eigenvalue weighted by Crippen LogP contribution is -2.42. The van der Waals surface area contributed by atoms with Crippen molar-refractivity contribution in [1.29, 1.82) is 0 Å². The van der Waals surface area contributed by atoms with Gasteiger partial charge in [0.2, 0.25) is 5.91 Å². The minimum atomic E-state index is -0.870. The van der Waals surface area contributed by atoms with Gasteiger partial charge in [-0.05, 0) is 53.9 Å². The largest absolute Gasteiger partial charge is 0.481 e. The minimum Gasteiger partial charge on any atom is -0.481 e. The number of hydrogen-bond acceptors (Lipinski definition) is 4. The summed E-state index contributed by atoms with van der Waals surface area (Å²) >= 11 is 0. The van der Waals surface area contributed by atoms with Crippen molar-refractivity contribution >= 4 is 18.0 Å². The average molecular weight is 477 g/mol. The number of benzene rings is 2. The predicted molar refractivity (Wildman–Crippen MR) is 131 cm³/mol. The van der Waals surface area contributed by atoms with Crippen LogP contribution in [0.15, 0.2) is 48.5 Å². The monoisotopic (exact) mass is 476 g/mol. The maximum Gasteiger partial charge on any atom is 0.407 e. The Labute approximate surface area is 205 Å². The van der Waals surface area contributed by atoms with Crippen LogP contribution >= 0.6 is 0 Å².